The van der Waals surface area contributed by atoms with Crippen molar-refractivity contribution >= 4 is 0 Å². The van der Waals surface area contributed by atoms with E-state index in [1.165, 1.54) is 42.8 Å². The Morgan fingerprint density at radius 2 is 1.96 bits per heavy atom. The summed E-state index contributed by atoms with van der Waals surface area (Å²) in [5, 5.41) is 0. The first-order valence-corrected chi connectivity index (χ1v) is 9.09. The maximum Gasteiger partial charge on any atom is 0.0416 e. The molecule has 0 atom stereocenters. The van der Waals surface area contributed by atoms with Gasteiger partial charge in [-0.25, -0.2) is 0 Å². The van der Waals surface area contributed by atoms with Crippen molar-refractivity contribution in [3.8, 4) is 0 Å². The first kappa shape index (κ1) is 17.1. The molecule has 0 spiro atoms. The third-order valence-electron chi connectivity index (χ3n) is 5.11. The fourth-order valence-corrected chi connectivity index (χ4v) is 3.63. The first-order chi connectivity index (χ1) is 11.7. The zero-order chi connectivity index (χ0) is 16.8. The summed E-state index contributed by atoms with van der Waals surface area (Å²) in [6.07, 6.45) is 5.49. The molecule has 1 aromatic carbocycles. The summed E-state index contributed by atoms with van der Waals surface area (Å²) < 4.78 is 0. The molecule has 3 nitrogen and oxygen atoms in total. The van der Waals surface area contributed by atoms with Crippen LogP contribution in [0.5, 0.6) is 0 Å². The average molecular weight is 323 g/mol. The maximum atomic E-state index is 4.43. The van der Waals surface area contributed by atoms with Crippen molar-refractivity contribution in [2.75, 3.05) is 26.7 Å². The predicted molar refractivity (Wildman–Crippen MR) is 100 cm³/mol. The third-order valence-corrected chi connectivity index (χ3v) is 5.11. The van der Waals surface area contributed by atoms with Gasteiger partial charge in [0.05, 0.1) is 0 Å². The molecule has 128 valence electrons. The van der Waals surface area contributed by atoms with Crippen molar-refractivity contribution in [3.63, 3.8) is 0 Å². The second-order valence-corrected chi connectivity index (χ2v) is 7.05. The quantitative estimate of drug-likeness (QED) is 0.811. The Balaban J connectivity index is 1.43. The van der Waals surface area contributed by atoms with Gasteiger partial charge >= 0.3 is 0 Å². The number of nitrogens with zero attached hydrogens (tertiary/aromatic N) is 3. The van der Waals surface area contributed by atoms with Crippen LogP contribution in [0.3, 0.4) is 0 Å². The Bertz CT molecular complexity index is 618. The first-order valence-electron chi connectivity index (χ1n) is 9.09. The van der Waals surface area contributed by atoms with Gasteiger partial charge in [0.25, 0.3) is 0 Å². The van der Waals surface area contributed by atoms with Gasteiger partial charge < -0.3 is 4.90 Å². The van der Waals surface area contributed by atoms with Gasteiger partial charge in [0.15, 0.2) is 0 Å². The molecular formula is C21H29N3. The van der Waals surface area contributed by atoms with E-state index in [0.717, 1.165) is 19.5 Å². The van der Waals surface area contributed by atoms with E-state index < -0.39 is 0 Å². The normalized spacial score (nSPS) is 16.6. The van der Waals surface area contributed by atoms with Gasteiger partial charge in [-0.1, -0.05) is 35.9 Å². The SMILES string of the molecule is Cc1cccc(CN(C)C2CCN(CCc3ccccn3)CC2)c1. The van der Waals surface area contributed by atoms with E-state index >= 15 is 0 Å². The molecule has 1 aliphatic rings. The van der Waals surface area contributed by atoms with Crippen LogP contribution in [-0.2, 0) is 13.0 Å². The lowest BCUT2D eigenvalue weighted by molar-refractivity contribution is 0.124. The molecule has 0 N–H and O–H groups in total. The van der Waals surface area contributed by atoms with Crippen LogP contribution in [0.1, 0.15) is 29.7 Å². The van der Waals surface area contributed by atoms with Gasteiger partial charge in [0.2, 0.25) is 0 Å². The Morgan fingerprint density at radius 3 is 2.67 bits per heavy atom. The summed E-state index contributed by atoms with van der Waals surface area (Å²) >= 11 is 0. The average Bonchev–Trinajstić information content (AvgIpc) is 2.61. The molecule has 3 rings (SSSR count). The van der Waals surface area contributed by atoms with Crippen molar-refractivity contribution in [2.45, 2.75) is 38.8 Å². The van der Waals surface area contributed by atoms with Gasteiger partial charge in [-0.2, -0.15) is 0 Å². The fraction of sp³-hybridized carbons (Fsp3) is 0.476. The number of piperidine rings is 1. The van der Waals surface area contributed by atoms with Crippen LogP contribution in [0.2, 0.25) is 0 Å². The van der Waals surface area contributed by atoms with E-state index in [-0.39, 0.29) is 0 Å². The van der Waals surface area contributed by atoms with E-state index in [1.807, 2.05) is 12.3 Å². The molecule has 0 radical (unpaired) electrons. The standard InChI is InChI=1S/C21H29N3/c1-18-6-5-7-19(16-18)17-23(2)21-10-14-24(15-11-21)13-9-20-8-3-4-12-22-20/h3-8,12,16,21H,9-11,13-15,17H2,1-2H3. The van der Waals surface area contributed by atoms with Gasteiger partial charge in [-0.3, -0.25) is 9.88 Å². The van der Waals surface area contributed by atoms with Crippen LogP contribution < -0.4 is 0 Å². The largest absolute Gasteiger partial charge is 0.303 e. The second kappa shape index (κ2) is 8.41. The smallest absolute Gasteiger partial charge is 0.0416 e. The fourth-order valence-electron chi connectivity index (χ4n) is 3.63. The topological polar surface area (TPSA) is 19.4 Å². The highest BCUT2D eigenvalue weighted by molar-refractivity contribution is 5.22. The van der Waals surface area contributed by atoms with Crippen molar-refractivity contribution in [1.82, 2.24) is 14.8 Å². The monoisotopic (exact) mass is 323 g/mol. The molecule has 0 saturated carbocycles. The van der Waals surface area contributed by atoms with Crippen LogP contribution in [0.4, 0.5) is 0 Å². The molecule has 3 heteroatoms. The van der Waals surface area contributed by atoms with Gasteiger partial charge in [0, 0.05) is 37.4 Å². The van der Waals surface area contributed by atoms with E-state index in [0.29, 0.717) is 6.04 Å². The van der Waals surface area contributed by atoms with Crippen molar-refractivity contribution in [3.05, 3.63) is 65.5 Å². The highest BCUT2D eigenvalue weighted by Gasteiger charge is 2.22. The predicted octanol–water partition coefficient (Wildman–Crippen LogP) is 3.53. The Labute approximate surface area is 146 Å². The third kappa shape index (κ3) is 4.89. The van der Waals surface area contributed by atoms with Crippen molar-refractivity contribution in [2.24, 2.45) is 0 Å². The molecule has 0 amide bonds. The van der Waals surface area contributed by atoms with E-state index in [2.05, 4.69) is 65.2 Å². The van der Waals surface area contributed by atoms with Crippen LogP contribution in [0.15, 0.2) is 48.7 Å². The van der Waals surface area contributed by atoms with Crippen LogP contribution in [-0.4, -0.2) is 47.5 Å². The highest BCUT2D eigenvalue weighted by atomic mass is 15.2. The second-order valence-electron chi connectivity index (χ2n) is 7.05. The zero-order valence-electron chi connectivity index (χ0n) is 15.0. The lowest BCUT2D eigenvalue weighted by atomic mass is 10.0. The molecule has 1 fully saturated rings. The van der Waals surface area contributed by atoms with Crippen LogP contribution in [0, 0.1) is 6.92 Å². The number of likely N-dealkylation sites (tertiary alicyclic amines) is 1. The number of benzene rings is 1. The van der Waals surface area contributed by atoms with Crippen LogP contribution in [0.25, 0.3) is 0 Å². The molecule has 24 heavy (non-hydrogen) atoms. The van der Waals surface area contributed by atoms with E-state index in [9.17, 15) is 0 Å². The molecule has 0 aliphatic carbocycles. The Hall–Kier alpha value is -1.71. The number of aryl methyl sites for hydroxylation is 1. The summed E-state index contributed by atoms with van der Waals surface area (Å²) in [6.45, 7) is 6.76. The van der Waals surface area contributed by atoms with E-state index in [1.54, 1.807) is 0 Å². The molecule has 2 aromatic rings. The molecule has 1 aromatic heterocycles. The minimum absolute atomic E-state index is 0.705. The number of hydrogen-bond acceptors (Lipinski definition) is 3. The highest BCUT2D eigenvalue weighted by Crippen LogP contribution is 2.18. The van der Waals surface area contributed by atoms with Gasteiger partial charge in [-0.15, -0.1) is 0 Å². The lowest BCUT2D eigenvalue weighted by Gasteiger charge is -2.36. The maximum absolute atomic E-state index is 4.43. The molecule has 0 unspecified atom stereocenters. The zero-order valence-corrected chi connectivity index (χ0v) is 15.0. The number of hydrogen-bond donors (Lipinski definition) is 0. The molecule has 1 saturated heterocycles. The summed E-state index contributed by atoms with van der Waals surface area (Å²) in [5.74, 6) is 0. The number of aromatic nitrogens is 1. The summed E-state index contributed by atoms with van der Waals surface area (Å²) in [5.41, 5.74) is 3.98. The molecule has 2 heterocycles. The number of pyridine rings is 1. The summed E-state index contributed by atoms with van der Waals surface area (Å²) in [6, 6.07) is 15.8. The molecule has 1 aliphatic heterocycles. The molecular weight excluding hydrogens is 294 g/mol. The minimum atomic E-state index is 0.705. The summed E-state index contributed by atoms with van der Waals surface area (Å²) in [7, 11) is 2.27. The summed E-state index contributed by atoms with van der Waals surface area (Å²) in [4.78, 5) is 9.55. The van der Waals surface area contributed by atoms with Crippen molar-refractivity contribution in [1.29, 1.82) is 0 Å². The van der Waals surface area contributed by atoms with Crippen molar-refractivity contribution < 1.29 is 0 Å². The van der Waals surface area contributed by atoms with Gasteiger partial charge in [0.1, 0.15) is 0 Å². The number of rotatable bonds is 6. The Kier molecular flexibility index (Phi) is 6.00. The lowest BCUT2D eigenvalue weighted by Crippen LogP contribution is -2.43. The van der Waals surface area contributed by atoms with Gasteiger partial charge in [-0.05, 0) is 57.6 Å². The van der Waals surface area contributed by atoms with E-state index in [4.69, 9.17) is 0 Å². The minimum Gasteiger partial charge on any atom is -0.303 e. The van der Waals surface area contributed by atoms with Crippen LogP contribution >= 0.6 is 0 Å². The molecule has 0 bridgehead atoms. The Morgan fingerprint density at radius 1 is 1.12 bits per heavy atom.